The summed E-state index contributed by atoms with van der Waals surface area (Å²) in [6.07, 6.45) is 5.10. The second-order valence-corrected chi connectivity index (χ2v) is 7.25. The van der Waals surface area contributed by atoms with Gasteiger partial charge in [-0.25, -0.2) is 0 Å². The Labute approximate surface area is 173 Å². The number of ether oxygens (including phenoxy) is 1. The van der Waals surface area contributed by atoms with Crippen LogP contribution in [-0.2, 0) is 0 Å². The van der Waals surface area contributed by atoms with E-state index in [1.807, 2.05) is 18.2 Å². The quantitative estimate of drug-likeness (QED) is 0.453. The summed E-state index contributed by atoms with van der Waals surface area (Å²) in [6, 6.07) is 14.4. The number of aliphatic hydroxyl groups excluding tert-OH is 2. The average Bonchev–Trinajstić information content (AvgIpc) is 2.74. The molecule has 0 aliphatic rings. The first kappa shape index (κ1) is 22.7. The van der Waals surface area contributed by atoms with Crippen LogP contribution in [0.5, 0.6) is 11.5 Å². The third kappa shape index (κ3) is 6.48. The molecule has 0 radical (unpaired) electrons. The Balaban J connectivity index is 2.07. The minimum atomic E-state index is -0.842. The Hall–Kier alpha value is -2.56. The fourth-order valence-electron chi connectivity index (χ4n) is 3.47. The van der Waals surface area contributed by atoms with Crippen molar-refractivity contribution < 1.29 is 20.1 Å². The molecule has 2 aromatic carbocycles. The number of rotatable bonds is 11. The molecule has 0 fully saturated rings. The van der Waals surface area contributed by atoms with Crippen LogP contribution in [0.25, 0.3) is 6.08 Å². The van der Waals surface area contributed by atoms with E-state index in [-0.39, 0.29) is 5.75 Å². The number of para-hydroxylation sites is 1. The Kier molecular flexibility index (Phi) is 8.97. The first-order valence-corrected chi connectivity index (χ1v) is 10.1. The van der Waals surface area contributed by atoms with Crippen molar-refractivity contribution in [2.75, 3.05) is 7.11 Å². The molecule has 0 amide bonds. The largest absolute Gasteiger partial charge is 0.507 e. The van der Waals surface area contributed by atoms with Crippen LogP contribution in [0.2, 0.25) is 0 Å². The van der Waals surface area contributed by atoms with Gasteiger partial charge in [0.15, 0.2) is 0 Å². The summed E-state index contributed by atoms with van der Waals surface area (Å²) in [6.45, 7) is 5.92. The van der Waals surface area contributed by atoms with Gasteiger partial charge < -0.3 is 20.1 Å². The number of benzene rings is 2. The van der Waals surface area contributed by atoms with Gasteiger partial charge in [-0.1, -0.05) is 61.4 Å². The van der Waals surface area contributed by atoms with E-state index in [0.717, 1.165) is 29.7 Å². The zero-order valence-electron chi connectivity index (χ0n) is 17.3. The number of aromatic hydroxyl groups is 1. The second kappa shape index (κ2) is 11.4. The maximum Gasteiger partial charge on any atom is 0.122 e. The Morgan fingerprint density at radius 3 is 2.34 bits per heavy atom. The summed E-state index contributed by atoms with van der Waals surface area (Å²) in [5.41, 5.74) is 2.66. The van der Waals surface area contributed by atoms with E-state index in [4.69, 9.17) is 4.74 Å². The van der Waals surface area contributed by atoms with E-state index in [9.17, 15) is 15.3 Å². The smallest absolute Gasteiger partial charge is 0.122 e. The number of hydrogen-bond donors (Lipinski definition) is 3. The Morgan fingerprint density at radius 2 is 1.76 bits per heavy atom. The number of phenols is 1. The molecule has 0 aliphatic heterocycles. The zero-order valence-corrected chi connectivity index (χ0v) is 17.3. The number of aliphatic hydroxyl groups is 2. The van der Waals surface area contributed by atoms with E-state index in [2.05, 4.69) is 13.5 Å². The van der Waals surface area contributed by atoms with Gasteiger partial charge >= 0.3 is 0 Å². The van der Waals surface area contributed by atoms with Crippen molar-refractivity contribution in [3.05, 3.63) is 77.9 Å². The predicted octanol–water partition coefficient (Wildman–Crippen LogP) is 5.26. The lowest BCUT2D eigenvalue weighted by Crippen LogP contribution is -2.25. The SMILES string of the molecule is C=C[C@H]([C@H](O)CC/C(=C/c1ccccc1O)CCC)[C@H](O)c1ccc(OC)cc1. The predicted molar refractivity (Wildman–Crippen MR) is 118 cm³/mol. The lowest BCUT2D eigenvalue weighted by molar-refractivity contribution is 0.0318. The molecule has 0 saturated heterocycles. The molecule has 0 spiro atoms. The highest BCUT2D eigenvalue weighted by molar-refractivity contribution is 5.59. The van der Waals surface area contributed by atoms with Gasteiger partial charge in [-0.05, 0) is 43.0 Å². The van der Waals surface area contributed by atoms with Gasteiger partial charge in [0.2, 0.25) is 0 Å². The molecule has 29 heavy (non-hydrogen) atoms. The summed E-state index contributed by atoms with van der Waals surface area (Å²) >= 11 is 0. The maximum absolute atomic E-state index is 10.7. The van der Waals surface area contributed by atoms with Crippen molar-refractivity contribution in [3.8, 4) is 11.5 Å². The molecule has 0 aromatic heterocycles. The highest BCUT2D eigenvalue weighted by atomic mass is 16.5. The van der Waals surface area contributed by atoms with Crippen LogP contribution in [0.15, 0.2) is 66.8 Å². The monoisotopic (exact) mass is 396 g/mol. The minimum Gasteiger partial charge on any atom is -0.507 e. The maximum atomic E-state index is 10.7. The van der Waals surface area contributed by atoms with Crippen LogP contribution in [0.1, 0.15) is 49.8 Å². The Morgan fingerprint density at radius 1 is 1.07 bits per heavy atom. The third-order valence-corrected chi connectivity index (χ3v) is 5.17. The van der Waals surface area contributed by atoms with Gasteiger partial charge in [0.25, 0.3) is 0 Å². The summed E-state index contributed by atoms with van der Waals surface area (Å²) in [5, 5.41) is 31.5. The molecule has 4 heteroatoms. The van der Waals surface area contributed by atoms with E-state index in [1.165, 1.54) is 0 Å². The van der Waals surface area contributed by atoms with Gasteiger partial charge in [-0.15, -0.1) is 6.58 Å². The lowest BCUT2D eigenvalue weighted by Gasteiger charge is -2.25. The van der Waals surface area contributed by atoms with Gasteiger partial charge in [0.05, 0.1) is 19.3 Å². The van der Waals surface area contributed by atoms with E-state index in [0.29, 0.717) is 18.4 Å². The molecular formula is C25H32O4. The van der Waals surface area contributed by atoms with Crippen LogP contribution < -0.4 is 4.74 Å². The first-order valence-electron chi connectivity index (χ1n) is 10.1. The molecule has 3 atom stereocenters. The van der Waals surface area contributed by atoms with E-state index in [1.54, 1.807) is 49.6 Å². The van der Waals surface area contributed by atoms with Crippen molar-refractivity contribution in [2.24, 2.45) is 5.92 Å². The molecule has 0 heterocycles. The molecule has 156 valence electrons. The molecular weight excluding hydrogens is 364 g/mol. The lowest BCUT2D eigenvalue weighted by atomic mass is 9.87. The first-order chi connectivity index (χ1) is 14.0. The topological polar surface area (TPSA) is 69.9 Å². The van der Waals surface area contributed by atoms with Gasteiger partial charge in [-0.2, -0.15) is 0 Å². The van der Waals surface area contributed by atoms with Crippen molar-refractivity contribution in [1.82, 2.24) is 0 Å². The van der Waals surface area contributed by atoms with E-state index < -0.39 is 18.1 Å². The number of hydrogen-bond acceptors (Lipinski definition) is 4. The third-order valence-electron chi connectivity index (χ3n) is 5.17. The number of phenolic OH excluding ortho intramolecular Hbond substituents is 1. The second-order valence-electron chi connectivity index (χ2n) is 7.25. The van der Waals surface area contributed by atoms with Crippen LogP contribution in [-0.4, -0.2) is 28.5 Å². The summed E-state index contributed by atoms with van der Waals surface area (Å²) < 4.78 is 5.15. The fourth-order valence-corrected chi connectivity index (χ4v) is 3.47. The minimum absolute atomic E-state index is 0.251. The summed E-state index contributed by atoms with van der Waals surface area (Å²) in [7, 11) is 1.60. The standard InChI is InChI=1S/C25H32O4/c1-4-8-18(17-20-9-6-7-10-23(20)26)11-16-24(27)22(5-2)25(28)19-12-14-21(29-3)15-13-19/h5-7,9-10,12-15,17,22,24-28H,2,4,8,11,16H2,1,3H3/b18-17+/t22-,24-,25-/m1/s1. The van der Waals surface area contributed by atoms with E-state index >= 15 is 0 Å². The van der Waals surface area contributed by atoms with Crippen LogP contribution in [0.4, 0.5) is 0 Å². The molecule has 4 nitrogen and oxygen atoms in total. The number of allylic oxidation sites excluding steroid dienone is 1. The summed E-state index contributed by atoms with van der Waals surface area (Å²) in [4.78, 5) is 0. The Bertz CT molecular complexity index is 795. The van der Waals surface area contributed by atoms with Crippen LogP contribution >= 0.6 is 0 Å². The highest BCUT2D eigenvalue weighted by Gasteiger charge is 2.25. The van der Waals surface area contributed by atoms with Gasteiger partial charge in [-0.3, -0.25) is 0 Å². The molecule has 0 saturated carbocycles. The van der Waals surface area contributed by atoms with Crippen LogP contribution in [0, 0.1) is 5.92 Å². The molecule has 3 N–H and O–H groups in total. The fraction of sp³-hybridized carbons (Fsp3) is 0.360. The highest BCUT2D eigenvalue weighted by Crippen LogP contribution is 2.30. The number of methoxy groups -OCH3 is 1. The zero-order chi connectivity index (χ0) is 21.2. The average molecular weight is 397 g/mol. The van der Waals surface area contributed by atoms with Crippen molar-refractivity contribution in [1.29, 1.82) is 0 Å². The molecule has 0 unspecified atom stereocenters. The van der Waals surface area contributed by atoms with Crippen molar-refractivity contribution >= 4 is 6.08 Å². The van der Waals surface area contributed by atoms with Gasteiger partial charge in [0, 0.05) is 11.5 Å². The van der Waals surface area contributed by atoms with Gasteiger partial charge in [0.1, 0.15) is 11.5 Å². The van der Waals surface area contributed by atoms with Crippen molar-refractivity contribution in [2.45, 2.75) is 44.8 Å². The van der Waals surface area contributed by atoms with Crippen molar-refractivity contribution in [3.63, 3.8) is 0 Å². The van der Waals surface area contributed by atoms with Crippen LogP contribution in [0.3, 0.4) is 0 Å². The molecule has 0 aliphatic carbocycles. The normalized spacial score (nSPS) is 14.8. The molecule has 2 rings (SSSR count). The molecule has 0 bridgehead atoms. The summed E-state index contributed by atoms with van der Waals surface area (Å²) in [5.74, 6) is 0.493. The molecule has 2 aromatic rings.